The molecule has 10 nitrogen and oxygen atoms in total. The average Bonchev–Trinajstić information content (AvgIpc) is 2.78. The number of hydrogen-bond donors (Lipinski definition) is 3. The van der Waals surface area contributed by atoms with Crippen molar-refractivity contribution >= 4 is 17.5 Å². The summed E-state index contributed by atoms with van der Waals surface area (Å²) in [6.07, 6.45) is 3.82. The number of anilines is 2. The van der Waals surface area contributed by atoms with Gasteiger partial charge in [-0.05, 0) is 30.5 Å². The molecule has 10 heteroatoms. The highest BCUT2D eigenvalue weighted by Crippen LogP contribution is 2.39. The molecule has 0 saturated heterocycles. The fourth-order valence-electron chi connectivity index (χ4n) is 2.92. The van der Waals surface area contributed by atoms with Crippen molar-refractivity contribution in [1.29, 1.82) is 0 Å². The number of nitrogen functional groups attached to an aromatic ring is 2. The van der Waals surface area contributed by atoms with Gasteiger partial charge < -0.3 is 35.7 Å². The van der Waals surface area contributed by atoms with Crippen molar-refractivity contribution < 1.29 is 23.7 Å². The Kier molecular flexibility index (Phi) is 10.3. The van der Waals surface area contributed by atoms with E-state index in [1.54, 1.807) is 14.2 Å². The molecule has 0 bridgehead atoms. The van der Waals surface area contributed by atoms with E-state index in [2.05, 4.69) is 15.3 Å². The third-order valence-corrected chi connectivity index (χ3v) is 4.50. The largest absolute Gasteiger partial charge is 0.493 e. The van der Waals surface area contributed by atoms with E-state index in [0.29, 0.717) is 68.6 Å². The number of nitrogens with zero attached hydrogens (tertiary/aromatic N) is 2. The van der Waals surface area contributed by atoms with Crippen LogP contribution >= 0.6 is 0 Å². The number of hydrogen-bond acceptors (Lipinski definition) is 9. The standard InChI is InChI=1S/C22H33N5O5/c1-4-8-31-10-6-20(28)25-7-5-9-32-21-17(29-2)12-15(13-18(21)30-3)11-16-22(24)27-19(23)14-26-16/h12-14H,4-11H2,1-3H3,(H,25,28)(H4,23,24,27). The molecular formula is C22H33N5O5. The van der Waals surface area contributed by atoms with Crippen LogP contribution in [0.3, 0.4) is 0 Å². The van der Waals surface area contributed by atoms with E-state index < -0.39 is 0 Å². The Hall–Kier alpha value is -3.27. The maximum atomic E-state index is 11.8. The fourth-order valence-corrected chi connectivity index (χ4v) is 2.92. The third kappa shape index (κ3) is 7.77. The van der Waals surface area contributed by atoms with Gasteiger partial charge in [0.2, 0.25) is 11.7 Å². The SMILES string of the molecule is CCCOCCC(=O)NCCCOc1c(OC)cc(Cc2ncc(N)nc2N)cc1OC. The van der Waals surface area contributed by atoms with Crippen molar-refractivity contribution in [2.24, 2.45) is 0 Å². The number of nitrogens with one attached hydrogen (secondary N) is 1. The number of ether oxygens (including phenoxy) is 4. The lowest BCUT2D eigenvalue weighted by atomic mass is 10.1. The maximum absolute atomic E-state index is 11.8. The molecule has 1 amide bonds. The Labute approximate surface area is 188 Å². The quantitative estimate of drug-likeness (QED) is 0.370. The first-order chi connectivity index (χ1) is 15.5. The molecule has 0 fully saturated rings. The van der Waals surface area contributed by atoms with E-state index in [1.165, 1.54) is 6.20 Å². The summed E-state index contributed by atoms with van der Waals surface area (Å²) in [5.74, 6) is 2.06. The number of aromatic nitrogens is 2. The first-order valence-electron chi connectivity index (χ1n) is 10.6. The van der Waals surface area contributed by atoms with Crippen LogP contribution in [0.5, 0.6) is 17.2 Å². The summed E-state index contributed by atoms with van der Waals surface area (Å²) in [5, 5.41) is 2.85. The third-order valence-electron chi connectivity index (χ3n) is 4.50. The fraction of sp³-hybridized carbons (Fsp3) is 0.500. The van der Waals surface area contributed by atoms with Crippen molar-refractivity contribution in [2.75, 3.05) is 52.1 Å². The van der Waals surface area contributed by atoms with Crippen molar-refractivity contribution in [1.82, 2.24) is 15.3 Å². The second-order valence-electron chi connectivity index (χ2n) is 7.05. The summed E-state index contributed by atoms with van der Waals surface area (Å²) in [6.45, 7) is 4.02. The minimum Gasteiger partial charge on any atom is -0.493 e. The minimum absolute atomic E-state index is 0.0364. The van der Waals surface area contributed by atoms with Gasteiger partial charge >= 0.3 is 0 Å². The molecule has 2 aromatic rings. The van der Waals surface area contributed by atoms with Crippen molar-refractivity contribution in [3.63, 3.8) is 0 Å². The highest BCUT2D eigenvalue weighted by molar-refractivity contribution is 5.75. The molecular weight excluding hydrogens is 414 g/mol. The number of amides is 1. The Morgan fingerprint density at radius 1 is 1.09 bits per heavy atom. The Morgan fingerprint density at radius 2 is 1.81 bits per heavy atom. The smallest absolute Gasteiger partial charge is 0.222 e. The highest BCUT2D eigenvalue weighted by atomic mass is 16.5. The topological polar surface area (TPSA) is 144 Å². The molecule has 5 N–H and O–H groups in total. The molecule has 0 spiro atoms. The van der Waals surface area contributed by atoms with Crippen LogP contribution in [0.15, 0.2) is 18.3 Å². The Morgan fingerprint density at radius 3 is 2.44 bits per heavy atom. The van der Waals surface area contributed by atoms with Gasteiger partial charge in [0.25, 0.3) is 0 Å². The molecule has 2 rings (SSSR count). The van der Waals surface area contributed by atoms with Crippen molar-refractivity contribution in [2.45, 2.75) is 32.6 Å². The zero-order valence-electron chi connectivity index (χ0n) is 19.0. The summed E-state index contributed by atoms with van der Waals surface area (Å²) >= 11 is 0. The first kappa shape index (κ1) is 25.0. The summed E-state index contributed by atoms with van der Waals surface area (Å²) in [7, 11) is 3.12. The van der Waals surface area contributed by atoms with Crippen LogP contribution in [0.25, 0.3) is 0 Å². The number of methoxy groups -OCH3 is 2. The first-order valence-corrected chi connectivity index (χ1v) is 10.6. The van der Waals surface area contributed by atoms with Gasteiger partial charge in [0.15, 0.2) is 11.5 Å². The summed E-state index contributed by atoms with van der Waals surface area (Å²) in [6, 6.07) is 3.68. The summed E-state index contributed by atoms with van der Waals surface area (Å²) < 4.78 is 22.2. The number of carbonyl (C=O) groups excluding carboxylic acids is 1. The number of benzene rings is 1. The van der Waals surface area contributed by atoms with Crippen LogP contribution in [-0.4, -0.2) is 56.5 Å². The molecule has 0 atom stereocenters. The molecule has 1 aromatic heterocycles. The van der Waals surface area contributed by atoms with Crippen molar-refractivity contribution in [3.05, 3.63) is 29.6 Å². The molecule has 0 unspecified atom stereocenters. The molecule has 1 heterocycles. The van der Waals surface area contributed by atoms with Crippen molar-refractivity contribution in [3.8, 4) is 17.2 Å². The van der Waals surface area contributed by atoms with Gasteiger partial charge in [-0.3, -0.25) is 9.78 Å². The molecule has 0 aliphatic carbocycles. The molecule has 0 aliphatic heterocycles. The van der Waals surface area contributed by atoms with Gasteiger partial charge in [0, 0.05) is 26.0 Å². The van der Waals surface area contributed by atoms with E-state index in [0.717, 1.165) is 12.0 Å². The van der Waals surface area contributed by atoms with Crippen LogP contribution in [0, 0.1) is 0 Å². The Bertz CT molecular complexity index is 853. The lowest BCUT2D eigenvalue weighted by Crippen LogP contribution is -2.26. The average molecular weight is 448 g/mol. The van der Waals surface area contributed by atoms with Gasteiger partial charge in [0.1, 0.15) is 11.6 Å². The predicted molar refractivity (Wildman–Crippen MR) is 122 cm³/mol. The van der Waals surface area contributed by atoms with Gasteiger partial charge in [-0.15, -0.1) is 0 Å². The van der Waals surface area contributed by atoms with E-state index in [1.807, 2.05) is 19.1 Å². The molecule has 32 heavy (non-hydrogen) atoms. The van der Waals surface area contributed by atoms with Crippen LogP contribution in [0.4, 0.5) is 11.6 Å². The second kappa shape index (κ2) is 13.2. The molecule has 1 aromatic carbocycles. The zero-order chi connectivity index (χ0) is 23.3. The summed E-state index contributed by atoms with van der Waals surface area (Å²) in [4.78, 5) is 20.1. The van der Waals surface area contributed by atoms with Crippen LogP contribution in [0.1, 0.15) is 37.4 Å². The van der Waals surface area contributed by atoms with Crippen LogP contribution in [0.2, 0.25) is 0 Å². The lowest BCUT2D eigenvalue weighted by Gasteiger charge is -2.16. The normalized spacial score (nSPS) is 10.6. The van der Waals surface area contributed by atoms with E-state index in [4.69, 9.17) is 30.4 Å². The van der Waals surface area contributed by atoms with Crippen LogP contribution < -0.4 is 31.0 Å². The molecule has 0 aliphatic rings. The number of rotatable bonds is 14. The van der Waals surface area contributed by atoms with Gasteiger partial charge in [-0.2, -0.15) is 0 Å². The Balaban J connectivity index is 1.92. The van der Waals surface area contributed by atoms with Gasteiger partial charge in [-0.1, -0.05) is 6.92 Å². The number of carbonyl (C=O) groups is 1. The van der Waals surface area contributed by atoms with Crippen LogP contribution in [-0.2, 0) is 16.0 Å². The molecule has 176 valence electrons. The molecule has 0 radical (unpaired) electrons. The zero-order valence-corrected chi connectivity index (χ0v) is 19.0. The minimum atomic E-state index is -0.0364. The van der Waals surface area contributed by atoms with E-state index >= 15 is 0 Å². The lowest BCUT2D eigenvalue weighted by molar-refractivity contribution is -0.122. The van der Waals surface area contributed by atoms with Gasteiger partial charge in [-0.25, -0.2) is 4.98 Å². The number of nitrogens with two attached hydrogens (primary N) is 2. The van der Waals surface area contributed by atoms with E-state index in [-0.39, 0.29) is 17.5 Å². The predicted octanol–water partition coefficient (Wildman–Crippen LogP) is 1.95. The highest BCUT2D eigenvalue weighted by Gasteiger charge is 2.16. The second-order valence-corrected chi connectivity index (χ2v) is 7.05. The monoisotopic (exact) mass is 447 g/mol. The summed E-state index contributed by atoms with van der Waals surface area (Å²) in [5.41, 5.74) is 13.0. The van der Waals surface area contributed by atoms with E-state index in [9.17, 15) is 4.79 Å². The molecule has 0 saturated carbocycles. The maximum Gasteiger partial charge on any atom is 0.222 e. The van der Waals surface area contributed by atoms with Gasteiger partial charge in [0.05, 0.1) is 39.3 Å².